The monoisotopic (exact) mass is 219 g/mol. The number of aliphatic hydroxyl groups excluding tert-OH is 1. The summed E-state index contributed by atoms with van der Waals surface area (Å²) in [6.07, 6.45) is 4.89. The minimum Gasteiger partial charge on any atom is -0.388 e. The summed E-state index contributed by atoms with van der Waals surface area (Å²) in [6, 6.07) is 7.90. The van der Waals surface area contributed by atoms with Crippen molar-refractivity contribution in [2.75, 3.05) is 0 Å². The molecule has 2 nitrogen and oxygen atoms in total. The number of aryl methyl sites for hydroxylation is 1. The first-order valence-corrected chi connectivity index (χ1v) is 5.84. The Bertz CT molecular complexity index is 385. The predicted molar refractivity (Wildman–Crippen MR) is 61.8 cm³/mol. The summed E-state index contributed by atoms with van der Waals surface area (Å²) in [5.41, 5.74) is 1.17. The van der Waals surface area contributed by atoms with Crippen molar-refractivity contribution < 1.29 is 5.11 Å². The summed E-state index contributed by atoms with van der Waals surface area (Å²) >= 11 is 1.60. The Labute approximate surface area is 93.2 Å². The lowest BCUT2D eigenvalue weighted by atomic mass is 10.1. The number of nitrogens with zero attached hydrogens (tertiary/aromatic N) is 1. The third kappa shape index (κ3) is 2.88. The van der Waals surface area contributed by atoms with Crippen LogP contribution < -0.4 is 0 Å². The zero-order valence-corrected chi connectivity index (χ0v) is 9.15. The predicted octanol–water partition coefficient (Wildman–Crippen LogP) is 2.81. The van der Waals surface area contributed by atoms with Crippen LogP contribution >= 0.6 is 11.3 Å². The van der Waals surface area contributed by atoms with Gasteiger partial charge in [-0.25, -0.2) is 0 Å². The van der Waals surface area contributed by atoms with Gasteiger partial charge in [0.1, 0.15) is 0 Å². The van der Waals surface area contributed by atoms with Gasteiger partial charge in [0.2, 0.25) is 0 Å². The first-order chi connectivity index (χ1) is 7.36. The molecule has 1 unspecified atom stereocenters. The molecule has 2 aromatic heterocycles. The van der Waals surface area contributed by atoms with Crippen molar-refractivity contribution in [3.05, 3.63) is 52.5 Å². The third-order valence-corrected chi connectivity index (χ3v) is 3.27. The first-order valence-electron chi connectivity index (χ1n) is 4.96. The van der Waals surface area contributed by atoms with Crippen LogP contribution in [0.5, 0.6) is 0 Å². The van der Waals surface area contributed by atoms with Crippen molar-refractivity contribution in [2.45, 2.75) is 18.9 Å². The molecule has 3 heteroatoms. The molecule has 0 saturated carbocycles. The maximum Gasteiger partial charge on any atom is 0.0885 e. The molecule has 0 bridgehead atoms. The molecule has 78 valence electrons. The van der Waals surface area contributed by atoms with Crippen molar-refractivity contribution in [1.82, 2.24) is 4.98 Å². The van der Waals surface area contributed by atoms with E-state index in [9.17, 15) is 5.11 Å². The largest absolute Gasteiger partial charge is 0.388 e. The van der Waals surface area contributed by atoms with Crippen LogP contribution in [-0.2, 0) is 6.42 Å². The van der Waals surface area contributed by atoms with Gasteiger partial charge >= 0.3 is 0 Å². The molecular weight excluding hydrogens is 206 g/mol. The Morgan fingerprint density at radius 2 is 2.27 bits per heavy atom. The number of rotatable bonds is 4. The highest BCUT2D eigenvalue weighted by Crippen LogP contribution is 2.22. The molecule has 0 saturated heterocycles. The Morgan fingerprint density at radius 1 is 1.33 bits per heavy atom. The van der Waals surface area contributed by atoms with E-state index >= 15 is 0 Å². The molecule has 1 atom stereocenters. The van der Waals surface area contributed by atoms with E-state index in [2.05, 4.69) is 4.98 Å². The lowest BCUT2D eigenvalue weighted by Crippen LogP contribution is -1.97. The molecule has 0 aliphatic rings. The topological polar surface area (TPSA) is 33.1 Å². The number of hydrogen-bond acceptors (Lipinski definition) is 3. The van der Waals surface area contributed by atoms with Crippen LogP contribution in [-0.4, -0.2) is 10.1 Å². The standard InChI is InChI=1S/C12H13NOS/c14-11(12-4-2-8-15-12)6-5-10-3-1-7-13-9-10/h1-4,7-9,11,14H,5-6H2. The fourth-order valence-corrected chi connectivity index (χ4v) is 2.22. The second-order valence-corrected chi connectivity index (χ2v) is 4.41. The highest BCUT2D eigenvalue weighted by molar-refractivity contribution is 7.10. The van der Waals surface area contributed by atoms with Gasteiger partial charge in [0.15, 0.2) is 0 Å². The van der Waals surface area contributed by atoms with E-state index < -0.39 is 0 Å². The molecule has 0 radical (unpaired) electrons. The third-order valence-electron chi connectivity index (χ3n) is 2.30. The van der Waals surface area contributed by atoms with Crippen LogP contribution in [0.15, 0.2) is 42.0 Å². The molecule has 0 aliphatic heterocycles. The Kier molecular flexibility index (Phi) is 3.48. The molecule has 0 amide bonds. The van der Waals surface area contributed by atoms with Gasteiger partial charge in [-0.2, -0.15) is 0 Å². The van der Waals surface area contributed by atoms with E-state index in [1.807, 2.05) is 35.8 Å². The second-order valence-electron chi connectivity index (χ2n) is 3.43. The van der Waals surface area contributed by atoms with Gasteiger partial charge in [-0.15, -0.1) is 11.3 Å². The molecule has 0 fully saturated rings. The van der Waals surface area contributed by atoms with E-state index in [1.165, 1.54) is 5.56 Å². The summed E-state index contributed by atoms with van der Waals surface area (Å²) < 4.78 is 0. The number of hydrogen-bond donors (Lipinski definition) is 1. The fourth-order valence-electron chi connectivity index (χ4n) is 1.47. The lowest BCUT2D eigenvalue weighted by Gasteiger charge is -2.07. The minimum atomic E-state index is -0.342. The number of aliphatic hydroxyl groups is 1. The molecule has 1 N–H and O–H groups in total. The normalized spacial score (nSPS) is 12.6. The summed E-state index contributed by atoms with van der Waals surface area (Å²) in [6.45, 7) is 0. The Balaban J connectivity index is 1.89. The van der Waals surface area contributed by atoms with E-state index in [4.69, 9.17) is 0 Å². The van der Waals surface area contributed by atoms with Crippen LogP contribution in [0, 0.1) is 0 Å². The van der Waals surface area contributed by atoms with Crippen molar-refractivity contribution in [2.24, 2.45) is 0 Å². The molecule has 2 heterocycles. The van der Waals surface area contributed by atoms with Gasteiger partial charge < -0.3 is 5.11 Å². The Morgan fingerprint density at radius 3 is 2.93 bits per heavy atom. The highest BCUT2D eigenvalue weighted by Gasteiger charge is 2.08. The summed E-state index contributed by atoms with van der Waals surface area (Å²) in [7, 11) is 0. The SMILES string of the molecule is OC(CCc1cccnc1)c1cccs1. The molecule has 0 spiro atoms. The first kappa shape index (κ1) is 10.3. The van der Waals surface area contributed by atoms with Crippen molar-refractivity contribution >= 4 is 11.3 Å². The molecule has 15 heavy (non-hydrogen) atoms. The van der Waals surface area contributed by atoms with E-state index in [-0.39, 0.29) is 6.10 Å². The van der Waals surface area contributed by atoms with Crippen LogP contribution in [0.2, 0.25) is 0 Å². The van der Waals surface area contributed by atoms with Crippen LogP contribution in [0.3, 0.4) is 0 Å². The zero-order valence-electron chi connectivity index (χ0n) is 8.34. The van der Waals surface area contributed by atoms with Gasteiger partial charge in [0.25, 0.3) is 0 Å². The minimum absolute atomic E-state index is 0.342. The zero-order chi connectivity index (χ0) is 10.5. The number of aromatic nitrogens is 1. The summed E-state index contributed by atoms with van der Waals surface area (Å²) in [4.78, 5) is 5.09. The average Bonchev–Trinajstić information content (AvgIpc) is 2.81. The smallest absolute Gasteiger partial charge is 0.0885 e. The Hall–Kier alpha value is -1.19. The van der Waals surface area contributed by atoms with Gasteiger partial charge in [-0.3, -0.25) is 4.98 Å². The van der Waals surface area contributed by atoms with Crippen LogP contribution in [0.1, 0.15) is 23.0 Å². The number of pyridine rings is 1. The lowest BCUT2D eigenvalue weighted by molar-refractivity contribution is 0.171. The van der Waals surface area contributed by atoms with E-state index in [0.29, 0.717) is 0 Å². The van der Waals surface area contributed by atoms with Crippen LogP contribution in [0.25, 0.3) is 0 Å². The summed E-state index contributed by atoms with van der Waals surface area (Å²) in [5, 5.41) is 11.8. The van der Waals surface area contributed by atoms with Gasteiger partial charge in [0.05, 0.1) is 6.10 Å². The average molecular weight is 219 g/mol. The molecule has 2 aromatic rings. The van der Waals surface area contributed by atoms with Gasteiger partial charge in [0, 0.05) is 17.3 Å². The summed E-state index contributed by atoms with van der Waals surface area (Å²) in [5.74, 6) is 0. The van der Waals surface area contributed by atoms with E-state index in [1.54, 1.807) is 17.5 Å². The van der Waals surface area contributed by atoms with Gasteiger partial charge in [-0.05, 0) is 35.9 Å². The van der Waals surface area contributed by atoms with Crippen molar-refractivity contribution in [1.29, 1.82) is 0 Å². The quantitative estimate of drug-likeness (QED) is 0.857. The molecule has 0 aromatic carbocycles. The molecule has 2 rings (SSSR count). The van der Waals surface area contributed by atoms with E-state index in [0.717, 1.165) is 17.7 Å². The fraction of sp³-hybridized carbons (Fsp3) is 0.250. The maximum absolute atomic E-state index is 9.86. The number of thiophene rings is 1. The molecular formula is C12H13NOS. The van der Waals surface area contributed by atoms with Gasteiger partial charge in [-0.1, -0.05) is 12.1 Å². The second kappa shape index (κ2) is 5.05. The van der Waals surface area contributed by atoms with Crippen molar-refractivity contribution in [3.63, 3.8) is 0 Å². The van der Waals surface area contributed by atoms with Crippen LogP contribution in [0.4, 0.5) is 0 Å². The van der Waals surface area contributed by atoms with Crippen molar-refractivity contribution in [3.8, 4) is 0 Å². The molecule has 0 aliphatic carbocycles. The maximum atomic E-state index is 9.86. The highest BCUT2D eigenvalue weighted by atomic mass is 32.1.